The van der Waals surface area contributed by atoms with Crippen LogP contribution in [0.3, 0.4) is 0 Å². The molecule has 0 bridgehead atoms. The van der Waals surface area contributed by atoms with Crippen LogP contribution in [0.5, 0.6) is 0 Å². The van der Waals surface area contributed by atoms with Crippen molar-refractivity contribution in [2.75, 3.05) is 32.0 Å². The van der Waals surface area contributed by atoms with Gasteiger partial charge in [0.05, 0.1) is 16.6 Å². The monoisotopic (exact) mass is 376 g/mol. The molecule has 1 N–H and O–H groups in total. The van der Waals surface area contributed by atoms with Crippen LogP contribution in [0.25, 0.3) is 0 Å². The van der Waals surface area contributed by atoms with Crippen LogP contribution in [0.2, 0.25) is 10.0 Å². The quantitative estimate of drug-likeness (QED) is 0.828. The summed E-state index contributed by atoms with van der Waals surface area (Å²) < 4.78 is 0. The molecule has 1 spiro atoms. The van der Waals surface area contributed by atoms with E-state index in [-0.39, 0.29) is 5.41 Å². The Morgan fingerprint density at radius 2 is 2.00 bits per heavy atom. The van der Waals surface area contributed by atoms with Crippen molar-refractivity contribution in [2.45, 2.75) is 25.7 Å². The molecule has 0 unspecified atom stereocenters. The van der Waals surface area contributed by atoms with Crippen molar-refractivity contribution in [2.24, 2.45) is 15.4 Å². The molecule has 1 aromatic carbocycles. The van der Waals surface area contributed by atoms with Gasteiger partial charge in [-0.1, -0.05) is 29.3 Å². The van der Waals surface area contributed by atoms with Gasteiger partial charge in [0.15, 0.2) is 0 Å². The van der Waals surface area contributed by atoms with Crippen molar-refractivity contribution in [1.82, 2.24) is 4.90 Å². The minimum atomic E-state index is 0.0588. The highest BCUT2D eigenvalue weighted by molar-refractivity contribution is 6.42. The summed E-state index contributed by atoms with van der Waals surface area (Å²) in [7, 11) is 2.18. The van der Waals surface area contributed by atoms with E-state index in [1.165, 1.54) is 5.56 Å². The molecule has 1 aromatic rings. The van der Waals surface area contributed by atoms with Crippen molar-refractivity contribution in [3.63, 3.8) is 0 Å². The Morgan fingerprint density at radius 1 is 1.24 bits per heavy atom. The fourth-order valence-corrected chi connectivity index (χ4v) is 4.25. The number of anilines is 1. The molecule has 0 aliphatic carbocycles. The zero-order valence-corrected chi connectivity index (χ0v) is 15.9. The highest BCUT2D eigenvalue weighted by atomic mass is 35.5. The second-order valence-electron chi connectivity index (χ2n) is 7.26. The van der Waals surface area contributed by atoms with E-state index in [0.29, 0.717) is 16.6 Å². The normalized spacial score (nSPS) is 23.6. The van der Waals surface area contributed by atoms with Crippen molar-refractivity contribution in [3.8, 4) is 0 Å². The Balaban J connectivity index is 1.68. The first-order valence-electron chi connectivity index (χ1n) is 8.75. The lowest BCUT2D eigenvalue weighted by Crippen LogP contribution is -2.49. The van der Waals surface area contributed by atoms with E-state index >= 15 is 0 Å². The van der Waals surface area contributed by atoms with Crippen LogP contribution >= 0.6 is 23.2 Å². The number of piperidine rings is 1. The predicted octanol–water partition coefficient (Wildman–Crippen LogP) is 4.43. The minimum absolute atomic E-state index is 0.0588. The van der Waals surface area contributed by atoms with Gasteiger partial charge in [0.2, 0.25) is 0 Å². The molecular formula is C19H22Cl2N4. The first-order valence-corrected chi connectivity index (χ1v) is 9.50. The topological polar surface area (TPSA) is 40.0 Å². The molecule has 4 rings (SSSR count). The highest BCUT2D eigenvalue weighted by Crippen LogP contribution is 2.44. The van der Waals surface area contributed by atoms with E-state index in [0.717, 1.165) is 56.0 Å². The number of halogens is 2. The van der Waals surface area contributed by atoms with Crippen LogP contribution in [-0.4, -0.2) is 43.1 Å². The summed E-state index contributed by atoms with van der Waals surface area (Å²) in [5.74, 6) is 1.08. The van der Waals surface area contributed by atoms with Crippen molar-refractivity contribution in [1.29, 1.82) is 0 Å². The van der Waals surface area contributed by atoms with Gasteiger partial charge in [-0.2, -0.15) is 0 Å². The zero-order chi connectivity index (χ0) is 17.4. The maximum atomic E-state index is 6.26. The number of allylic oxidation sites excluding steroid dienone is 1. The third-order valence-corrected chi connectivity index (χ3v) is 6.23. The first-order chi connectivity index (χ1) is 12.1. The Hall–Kier alpha value is -1.36. The van der Waals surface area contributed by atoms with Crippen LogP contribution in [0.1, 0.15) is 24.8 Å². The summed E-state index contributed by atoms with van der Waals surface area (Å²) in [5, 5.41) is 4.78. The number of likely N-dealkylation sites (tertiary alicyclic amines) is 1. The highest BCUT2D eigenvalue weighted by Gasteiger charge is 2.42. The van der Waals surface area contributed by atoms with E-state index in [1.807, 2.05) is 18.3 Å². The number of fused-ring (bicyclic) bond motifs is 1. The Morgan fingerprint density at radius 3 is 2.72 bits per heavy atom. The summed E-state index contributed by atoms with van der Waals surface area (Å²) in [6, 6.07) is 3.93. The predicted molar refractivity (Wildman–Crippen MR) is 106 cm³/mol. The molecule has 25 heavy (non-hydrogen) atoms. The molecule has 6 heteroatoms. The van der Waals surface area contributed by atoms with Crippen LogP contribution in [0.15, 0.2) is 34.4 Å². The summed E-state index contributed by atoms with van der Waals surface area (Å²) in [6.07, 6.45) is 8.01. The van der Waals surface area contributed by atoms with Gasteiger partial charge < -0.3 is 10.2 Å². The summed E-state index contributed by atoms with van der Waals surface area (Å²) in [5.41, 5.74) is 3.45. The minimum Gasteiger partial charge on any atom is -0.343 e. The number of nitrogens with zero attached hydrogens (tertiary/aromatic N) is 3. The molecule has 1 saturated heterocycles. The van der Waals surface area contributed by atoms with Crippen molar-refractivity contribution < 1.29 is 0 Å². The lowest BCUT2D eigenvalue weighted by molar-refractivity contribution is 0.178. The average Bonchev–Trinajstić information content (AvgIpc) is 3.11. The van der Waals surface area contributed by atoms with Crippen LogP contribution in [-0.2, 0) is 6.42 Å². The second-order valence-corrected chi connectivity index (χ2v) is 8.07. The summed E-state index contributed by atoms with van der Waals surface area (Å²) in [6.45, 7) is 2.82. The molecule has 0 amide bonds. The van der Waals surface area contributed by atoms with E-state index in [4.69, 9.17) is 28.2 Å². The van der Waals surface area contributed by atoms with Gasteiger partial charge in [-0.05, 0) is 57.1 Å². The second kappa shape index (κ2) is 6.75. The molecule has 0 radical (unpaired) electrons. The molecule has 0 saturated carbocycles. The Kier molecular flexibility index (Phi) is 4.61. The van der Waals surface area contributed by atoms with Crippen LogP contribution < -0.4 is 5.32 Å². The summed E-state index contributed by atoms with van der Waals surface area (Å²) in [4.78, 5) is 11.7. The SMILES string of the molecule is CN1CCC2(CC1)Cc1cc(Cl)c(Cl)cc1NC2=NCC1=NC=CC1. The fraction of sp³-hybridized carbons (Fsp3) is 0.474. The number of rotatable bonds is 2. The van der Waals surface area contributed by atoms with Crippen LogP contribution in [0, 0.1) is 5.41 Å². The molecule has 4 nitrogen and oxygen atoms in total. The molecule has 3 aliphatic heterocycles. The zero-order valence-electron chi connectivity index (χ0n) is 14.4. The van der Waals surface area contributed by atoms with Gasteiger partial charge in [0, 0.05) is 29.4 Å². The Bertz CT molecular complexity index is 774. The molecule has 0 aromatic heterocycles. The van der Waals surface area contributed by atoms with Gasteiger partial charge >= 0.3 is 0 Å². The number of hydrogen-bond acceptors (Lipinski definition) is 3. The molecule has 3 heterocycles. The molecule has 1 fully saturated rings. The summed E-state index contributed by atoms with van der Waals surface area (Å²) >= 11 is 12.5. The molecule has 132 valence electrons. The number of hydrogen-bond donors (Lipinski definition) is 1. The van der Waals surface area contributed by atoms with Gasteiger partial charge in [0.25, 0.3) is 0 Å². The number of nitrogens with one attached hydrogen (secondary N) is 1. The van der Waals surface area contributed by atoms with Crippen molar-refractivity contribution in [3.05, 3.63) is 40.0 Å². The Labute approximate surface area is 158 Å². The molecule has 0 atom stereocenters. The van der Waals surface area contributed by atoms with Crippen LogP contribution in [0.4, 0.5) is 5.69 Å². The maximum Gasteiger partial charge on any atom is 0.108 e. The van der Waals surface area contributed by atoms with E-state index in [2.05, 4.69) is 28.3 Å². The third-order valence-electron chi connectivity index (χ3n) is 5.51. The smallest absolute Gasteiger partial charge is 0.108 e. The van der Waals surface area contributed by atoms with Gasteiger partial charge in [-0.3, -0.25) is 9.98 Å². The maximum absolute atomic E-state index is 6.26. The largest absolute Gasteiger partial charge is 0.343 e. The lowest BCUT2D eigenvalue weighted by Gasteiger charge is -2.45. The van der Waals surface area contributed by atoms with E-state index in [9.17, 15) is 0 Å². The number of amidine groups is 1. The average molecular weight is 377 g/mol. The fourth-order valence-electron chi connectivity index (χ4n) is 3.90. The molecule has 3 aliphatic rings. The van der Waals surface area contributed by atoms with E-state index < -0.39 is 0 Å². The number of benzene rings is 1. The third kappa shape index (κ3) is 3.35. The standard InChI is InChI=1S/C19H22Cl2N4/c1-25-7-4-19(5-8-25)11-13-9-15(20)16(21)10-17(13)24-18(19)23-12-14-3-2-6-22-14/h2,6,9-10H,3-5,7-8,11-12H2,1H3,(H,23,24). The van der Waals surface area contributed by atoms with Gasteiger partial charge in [-0.15, -0.1) is 0 Å². The van der Waals surface area contributed by atoms with Gasteiger partial charge in [-0.25, -0.2) is 0 Å². The van der Waals surface area contributed by atoms with Crippen molar-refractivity contribution >= 4 is 40.4 Å². The van der Waals surface area contributed by atoms with Gasteiger partial charge in [0.1, 0.15) is 5.84 Å². The number of aliphatic imine (C=N–C) groups is 2. The van der Waals surface area contributed by atoms with E-state index in [1.54, 1.807) is 0 Å². The lowest BCUT2D eigenvalue weighted by atomic mass is 9.70. The molecular weight excluding hydrogens is 355 g/mol. The first kappa shape index (κ1) is 17.1.